The highest BCUT2D eigenvalue weighted by Gasteiger charge is 2.21. The van der Waals surface area contributed by atoms with Gasteiger partial charge in [-0.3, -0.25) is 14.6 Å². The van der Waals surface area contributed by atoms with E-state index in [4.69, 9.17) is 0 Å². The number of hydrogen-bond donors (Lipinski definition) is 3. The minimum atomic E-state index is -1.23. The maximum atomic E-state index is 12.1. The number of carboxylic acids is 1. The summed E-state index contributed by atoms with van der Waals surface area (Å²) in [5.41, 5.74) is 0.739. The molecule has 3 N–H and O–H groups in total. The fourth-order valence-electron chi connectivity index (χ4n) is 3.12. The van der Waals surface area contributed by atoms with Gasteiger partial charge in [0.25, 0.3) is 5.91 Å². The first-order valence-corrected chi connectivity index (χ1v) is 13.4. The van der Waals surface area contributed by atoms with Crippen molar-refractivity contribution >= 4 is 17.8 Å². The van der Waals surface area contributed by atoms with Crippen molar-refractivity contribution in [3.8, 4) is 0 Å². The molecule has 0 aliphatic heterocycles. The molecule has 0 bridgehead atoms. The van der Waals surface area contributed by atoms with Crippen LogP contribution in [0.15, 0.2) is 85.3 Å². The number of rotatable bonds is 19. The van der Waals surface area contributed by atoms with Crippen molar-refractivity contribution in [1.82, 2.24) is 20.6 Å². The largest absolute Gasteiger partial charge is 0.480 e. The number of aliphatic carboxylic acids is 1. The second kappa shape index (κ2) is 22.0. The molecule has 39 heavy (non-hydrogen) atoms. The number of aryl methyl sites for hydroxylation is 1. The number of carbonyl (C=O) groups excluding carboxylic acids is 2. The van der Waals surface area contributed by atoms with Gasteiger partial charge in [-0.2, -0.15) is 0 Å². The maximum Gasteiger partial charge on any atom is 0.328 e. The molecule has 1 rings (SSSR count). The lowest BCUT2D eigenvalue weighted by Crippen LogP contribution is -2.48. The van der Waals surface area contributed by atoms with Gasteiger partial charge in [0.05, 0.1) is 11.9 Å². The number of hydrogen-bond acceptors (Lipinski definition) is 5. The summed E-state index contributed by atoms with van der Waals surface area (Å²) >= 11 is 0. The molecule has 0 saturated carbocycles. The third kappa shape index (κ3) is 17.9. The molecule has 210 valence electrons. The van der Waals surface area contributed by atoms with Crippen LogP contribution in [0.3, 0.4) is 0 Å². The lowest BCUT2D eigenvalue weighted by atomic mass is 10.2. The van der Waals surface area contributed by atoms with Crippen LogP contribution in [-0.4, -0.2) is 45.4 Å². The topological polar surface area (TPSA) is 121 Å². The third-order valence-electron chi connectivity index (χ3n) is 5.25. The van der Waals surface area contributed by atoms with Crippen LogP contribution < -0.4 is 10.6 Å². The molecule has 1 unspecified atom stereocenters. The predicted molar refractivity (Wildman–Crippen MR) is 156 cm³/mol. The zero-order valence-electron chi connectivity index (χ0n) is 23.1. The molecule has 8 nitrogen and oxygen atoms in total. The van der Waals surface area contributed by atoms with Gasteiger partial charge in [0.1, 0.15) is 11.7 Å². The van der Waals surface area contributed by atoms with Gasteiger partial charge < -0.3 is 15.7 Å². The fraction of sp³-hybridized carbons (Fsp3) is 0.387. The van der Waals surface area contributed by atoms with Gasteiger partial charge in [-0.05, 0) is 51.9 Å². The van der Waals surface area contributed by atoms with E-state index in [0.717, 1.165) is 38.5 Å². The Morgan fingerprint density at radius 1 is 0.795 bits per heavy atom. The van der Waals surface area contributed by atoms with E-state index in [1.807, 2.05) is 12.2 Å². The number of carbonyl (C=O) groups is 3. The molecule has 1 heterocycles. The van der Waals surface area contributed by atoms with Gasteiger partial charge in [0, 0.05) is 19.2 Å². The highest BCUT2D eigenvalue weighted by Crippen LogP contribution is 1.99. The van der Waals surface area contributed by atoms with Crippen molar-refractivity contribution in [1.29, 1.82) is 0 Å². The lowest BCUT2D eigenvalue weighted by molar-refractivity contribution is -0.141. The van der Waals surface area contributed by atoms with E-state index in [9.17, 15) is 19.5 Å². The summed E-state index contributed by atoms with van der Waals surface area (Å²) in [4.78, 5) is 43.6. The van der Waals surface area contributed by atoms with Gasteiger partial charge >= 0.3 is 5.97 Å². The van der Waals surface area contributed by atoms with Gasteiger partial charge in [0.15, 0.2) is 0 Å². The number of amides is 2. The highest BCUT2D eigenvalue weighted by atomic mass is 16.4. The fourth-order valence-corrected chi connectivity index (χ4v) is 3.12. The summed E-state index contributed by atoms with van der Waals surface area (Å²) in [5, 5.41) is 14.2. The number of nitrogens with one attached hydrogen (secondary N) is 2. The second-order valence-electron chi connectivity index (χ2n) is 8.67. The zero-order valence-corrected chi connectivity index (χ0v) is 23.1. The Bertz CT molecular complexity index is 1040. The highest BCUT2D eigenvalue weighted by molar-refractivity contribution is 5.92. The first-order chi connectivity index (χ1) is 18.9. The standard InChI is InChI=1S/C31H42N4O4/c1-3-4-5-6-7-8-9-10-11-12-13-14-15-16-17-18-19-20-21-22-29(36)35-28(31(38)39)25-34-30(37)27-24-32-26(2)23-33-27/h4-5,7-8,10-11,13-14,16-17,19-20,23-24,28H,3,6,9,12,15,18,21-22,25H2,1-2H3,(H,34,37)(H,35,36)(H,38,39). The summed E-state index contributed by atoms with van der Waals surface area (Å²) in [6, 6.07) is -1.23. The molecule has 2 amide bonds. The van der Waals surface area contributed by atoms with E-state index in [1.165, 1.54) is 12.4 Å². The Labute approximate surface area is 232 Å². The second-order valence-corrected chi connectivity index (χ2v) is 8.67. The summed E-state index contributed by atoms with van der Waals surface area (Å²) in [7, 11) is 0. The van der Waals surface area contributed by atoms with Crippen molar-refractivity contribution in [3.63, 3.8) is 0 Å². The summed E-state index contributed by atoms with van der Waals surface area (Å²) in [6.45, 7) is 3.62. The zero-order chi connectivity index (χ0) is 28.6. The Morgan fingerprint density at radius 2 is 1.31 bits per heavy atom. The van der Waals surface area contributed by atoms with E-state index in [0.29, 0.717) is 12.1 Å². The smallest absolute Gasteiger partial charge is 0.328 e. The molecule has 1 aromatic heterocycles. The first kappa shape index (κ1) is 33.0. The predicted octanol–water partition coefficient (Wildman–Crippen LogP) is 5.56. The van der Waals surface area contributed by atoms with E-state index < -0.39 is 23.8 Å². The molecule has 0 spiro atoms. The molecule has 1 aromatic rings. The van der Waals surface area contributed by atoms with Crippen LogP contribution >= 0.6 is 0 Å². The first-order valence-electron chi connectivity index (χ1n) is 13.4. The van der Waals surface area contributed by atoms with Crippen molar-refractivity contribution in [2.45, 2.75) is 71.3 Å². The van der Waals surface area contributed by atoms with Gasteiger partial charge in [0.2, 0.25) is 5.91 Å². The van der Waals surface area contributed by atoms with E-state index in [1.54, 1.807) is 6.92 Å². The van der Waals surface area contributed by atoms with Crippen molar-refractivity contribution in [2.75, 3.05) is 6.54 Å². The molecule has 0 radical (unpaired) electrons. The number of nitrogens with zero attached hydrogens (tertiary/aromatic N) is 2. The van der Waals surface area contributed by atoms with E-state index in [2.05, 4.69) is 88.3 Å². The third-order valence-corrected chi connectivity index (χ3v) is 5.25. The van der Waals surface area contributed by atoms with E-state index >= 15 is 0 Å². The minimum Gasteiger partial charge on any atom is -0.480 e. The monoisotopic (exact) mass is 534 g/mol. The molecule has 0 saturated heterocycles. The van der Waals surface area contributed by atoms with Crippen LogP contribution in [0.25, 0.3) is 0 Å². The molecule has 0 aliphatic carbocycles. The summed E-state index contributed by atoms with van der Waals surface area (Å²) < 4.78 is 0. The number of allylic oxidation sites excluding steroid dienone is 12. The van der Waals surface area contributed by atoms with Crippen LogP contribution in [-0.2, 0) is 9.59 Å². The van der Waals surface area contributed by atoms with Crippen molar-refractivity contribution in [2.24, 2.45) is 0 Å². The lowest BCUT2D eigenvalue weighted by Gasteiger charge is -2.15. The minimum absolute atomic E-state index is 0.0775. The number of carboxylic acid groups (broad SMARTS) is 1. The van der Waals surface area contributed by atoms with Gasteiger partial charge in [-0.1, -0.05) is 79.8 Å². The Morgan fingerprint density at radius 3 is 1.77 bits per heavy atom. The van der Waals surface area contributed by atoms with Crippen molar-refractivity contribution < 1.29 is 19.5 Å². The van der Waals surface area contributed by atoms with Gasteiger partial charge in [-0.25, -0.2) is 9.78 Å². The maximum absolute atomic E-state index is 12.1. The van der Waals surface area contributed by atoms with E-state index in [-0.39, 0.29) is 18.7 Å². The SMILES string of the molecule is CCC=CCC=CCC=CCC=CCC=CCC=CCCC(=O)NC(CNC(=O)c1cnc(C)cn1)C(=O)O. The van der Waals surface area contributed by atoms with Crippen molar-refractivity contribution in [3.05, 3.63) is 96.7 Å². The van der Waals surface area contributed by atoms with Crippen LogP contribution in [0, 0.1) is 6.92 Å². The van der Waals surface area contributed by atoms with Gasteiger partial charge in [-0.15, -0.1) is 0 Å². The van der Waals surface area contributed by atoms with Crippen LogP contribution in [0.1, 0.15) is 74.5 Å². The molecule has 0 fully saturated rings. The van der Waals surface area contributed by atoms with Crippen LogP contribution in [0.2, 0.25) is 0 Å². The molecular formula is C31H42N4O4. The van der Waals surface area contributed by atoms with Crippen LogP contribution in [0.5, 0.6) is 0 Å². The quantitative estimate of drug-likeness (QED) is 0.200. The Kier molecular flexibility index (Phi) is 18.6. The Balaban J connectivity index is 2.16. The molecular weight excluding hydrogens is 492 g/mol. The number of aromatic nitrogens is 2. The molecule has 8 heteroatoms. The molecule has 0 aromatic carbocycles. The summed E-state index contributed by atoms with van der Waals surface area (Å²) in [5.74, 6) is -2.18. The normalized spacial score (nSPS) is 13.0. The summed E-state index contributed by atoms with van der Waals surface area (Å²) in [6.07, 6.45) is 34.4. The average Bonchev–Trinajstić information content (AvgIpc) is 2.92. The average molecular weight is 535 g/mol. The molecule has 1 atom stereocenters. The Hall–Kier alpha value is -4.07. The molecule has 0 aliphatic rings. The van der Waals surface area contributed by atoms with Crippen LogP contribution in [0.4, 0.5) is 0 Å².